The summed E-state index contributed by atoms with van der Waals surface area (Å²) >= 11 is 0. The van der Waals surface area contributed by atoms with Crippen molar-refractivity contribution in [1.82, 2.24) is 9.97 Å². The van der Waals surface area contributed by atoms with Gasteiger partial charge in [0.05, 0.1) is 23.6 Å². The summed E-state index contributed by atoms with van der Waals surface area (Å²) < 4.78 is 0. The van der Waals surface area contributed by atoms with E-state index in [1.54, 1.807) is 0 Å². The second kappa shape index (κ2) is 5.69. The lowest BCUT2D eigenvalue weighted by atomic mass is 10.2. The number of nitrogens with two attached hydrogens (primary N) is 1. The number of nitrogens with zero attached hydrogens (tertiary/aromatic N) is 3. The van der Waals surface area contributed by atoms with Crippen LogP contribution < -0.4 is 10.6 Å². The van der Waals surface area contributed by atoms with Gasteiger partial charge in [0.1, 0.15) is 5.82 Å². The van der Waals surface area contributed by atoms with E-state index >= 15 is 0 Å². The first kappa shape index (κ1) is 13.3. The minimum absolute atomic E-state index is 0.730. The molecule has 0 radical (unpaired) electrons. The molecule has 2 rings (SSSR count). The standard InChI is InChI=1S/C15H20N4/c1-4-19(10-13-7-5-6-11(2)17-13)15-9-8-14(16)12(3)18-15/h5-9H,4,10,16H2,1-3H3. The van der Waals surface area contributed by atoms with Gasteiger partial charge in [-0.3, -0.25) is 4.98 Å². The van der Waals surface area contributed by atoms with Crippen LogP contribution >= 0.6 is 0 Å². The Morgan fingerprint density at radius 3 is 2.53 bits per heavy atom. The van der Waals surface area contributed by atoms with E-state index in [4.69, 9.17) is 5.73 Å². The molecule has 0 aliphatic rings. The van der Waals surface area contributed by atoms with E-state index in [0.717, 1.165) is 41.7 Å². The third-order valence-corrected chi connectivity index (χ3v) is 3.12. The Bertz CT molecular complexity index is 566. The number of pyridine rings is 2. The SMILES string of the molecule is CCN(Cc1cccc(C)n1)c1ccc(N)c(C)n1. The van der Waals surface area contributed by atoms with E-state index < -0.39 is 0 Å². The fourth-order valence-corrected chi connectivity index (χ4v) is 1.97. The number of hydrogen-bond acceptors (Lipinski definition) is 4. The first-order valence-corrected chi connectivity index (χ1v) is 6.50. The lowest BCUT2D eigenvalue weighted by molar-refractivity contribution is 0.788. The molecule has 0 aliphatic heterocycles. The van der Waals surface area contributed by atoms with Gasteiger partial charge < -0.3 is 10.6 Å². The maximum atomic E-state index is 5.81. The van der Waals surface area contributed by atoms with Gasteiger partial charge in [-0.2, -0.15) is 0 Å². The monoisotopic (exact) mass is 256 g/mol. The Balaban J connectivity index is 2.22. The second-order valence-electron chi connectivity index (χ2n) is 4.63. The van der Waals surface area contributed by atoms with Crippen molar-refractivity contribution in [3.05, 3.63) is 47.4 Å². The van der Waals surface area contributed by atoms with Crippen LogP contribution in [-0.2, 0) is 6.54 Å². The number of rotatable bonds is 4. The van der Waals surface area contributed by atoms with E-state index in [2.05, 4.69) is 21.8 Å². The van der Waals surface area contributed by atoms with Crippen molar-refractivity contribution in [3.63, 3.8) is 0 Å². The smallest absolute Gasteiger partial charge is 0.129 e. The summed E-state index contributed by atoms with van der Waals surface area (Å²) in [6, 6.07) is 9.95. The summed E-state index contributed by atoms with van der Waals surface area (Å²) in [5, 5.41) is 0. The second-order valence-corrected chi connectivity index (χ2v) is 4.63. The van der Waals surface area contributed by atoms with E-state index in [9.17, 15) is 0 Å². The zero-order valence-corrected chi connectivity index (χ0v) is 11.7. The highest BCUT2D eigenvalue weighted by atomic mass is 15.2. The number of nitrogen functional groups attached to an aromatic ring is 1. The molecular formula is C15H20N4. The van der Waals surface area contributed by atoms with E-state index in [-0.39, 0.29) is 0 Å². The maximum absolute atomic E-state index is 5.81. The van der Waals surface area contributed by atoms with Gasteiger partial charge in [-0.25, -0.2) is 4.98 Å². The van der Waals surface area contributed by atoms with Crippen LogP contribution in [0.25, 0.3) is 0 Å². The molecule has 2 N–H and O–H groups in total. The Labute approximate surface area is 114 Å². The van der Waals surface area contributed by atoms with E-state index in [1.165, 1.54) is 0 Å². The molecule has 2 heterocycles. The summed E-state index contributed by atoms with van der Waals surface area (Å²) in [5.74, 6) is 0.942. The van der Waals surface area contributed by atoms with Gasteiger partial charge in [-0.05, 0) is 45.0 Å². The van der Waals surface area contributed by atoms with Crippen molar-refractivity contribution in [2.45, 2.75) is 27.3 Å². The zero-order chi connectivity index (χ0) is 13.8. The summed E-state index contributed by atoms with van der Waals surface area (Å²) in [6.07, 6.45) is 0. The predicted octanol–water partition coefficient (Wildman–Crippen LogP) is 2.70. The zero-order valence-electron chi connectivity index (χ0n) is 11.7. The molecule has 0 aromatic carbocycles. The number of anilines is 2. The molecular weight excluding hydrogens is 236 g/mol. The lowest BCUT2D eigenvalue weighted by Crippen LogP contribution is -2.24. The molecule has 2 aromatic rings. The third kappa shape index (κ3) is 3.22. The predicted molar refractivity (Wildman–Crippen MR) is 79.1 cm³/mol. The highest BCUT2D eigenvalue weighted by molar-refractivity contribution is 5.50. The van der Waals surface area contributed by atoms with Crippen LogP contribution in [0.4, 0.5) is 11.5 Å². The highest BCUT2D eigenvalue weighted by Gasteiger charge is 2.08. The molecule has 4 nitrogen and oxygen atoms in total. The van der Waals surface area contributed by atoms with Crippen LogP contribution in [0.5, 0.6) is 0 Å². The van der Waals surface area contributed by atoms with Crippen molar-refractivity contribution in [2.75, 3.05) is 17.2 Å². The quantitative estimate of drug-likeness (QED) is 0.913. The van der Waals surface area contributed by atoms with Crippen molar-refractivity contribution in [3.8, 4) is 0 Å². The summed E-state index contributed by atoms with van der Waals surface area (Å²) in [6.45, 7) is 7.69. The van der Waals surface area contributed by atoms with Crippen LogP contribution in [0.3, 0.4) is 0 Å². The van der Waals surface area contributed by atoms with Crippen LogP contribution in [0.1, 0.15) is 24.0 Å². The van der Waals surface area contributed by atoms with E-state index in [0.29, 0.717) is 0 Å². The molecule has 0 unspecified atom stereocenters. The fraction of sp³-hybridized carbons (Fsp3) is 0.333. The van der Waals surface area contributed by atoms with Gasteiger partial charge in [-0.1, -0.05) is 6.07 Å². The van der Waals surface area contributed by atoms with Gasteiger partial charge in [0.2, 0.25) is 0 Å². The van der Waals surface area contributed by atoms with Gasteiger partial charge in [0, 0.05) is 12.2 Å². The Kier molecular flexibility index (Phi) is 4.00. The summed E-state index contributed by atoms with van der Waals surface area (Å²) in [4.78, 5) is 11.3. The fourth-order valence-electron chi connectivity index (χ4n) is 1.97. The van der Waals surface area contributed by atoms with Crippen molar-refractivity contribution in [1.29, 1.82) is 0 Å². The molecule has 0 bridgehead atoms. The molecule has 0 spiro atoms. The normalized spacial score (nSPS) is 10.5. The summed E-state index contributed by atoms with van der Waals surface area (Å²) in [5.41, 5.74) is 9.50. The van der Waals surface area contributed by atoms with Crippen molar-refractivity contribution in [2.24, 2.45) is 0 Å². The van der Waals surface area contributed by atoms with Gasteiger partial charge in [-0.15, -0.1) is 0 Å². The minimum atomic E-state index is 0.730. The Morgan fingerprint density at radius 2 is 1.89 bits per heavy atom. The molecule has 4 heteroatoms. The molecule has 0 aliphatic carbocycles. The molecule has 2 aromatic heterocycles. The number of aryl methyl sites for hydroxylation is 2. The molecule has 0 atom stereocenters. The molecule has 0 amide bonds. The van der Waals surface area contributed by atoms with Gasteiger partial charge in [0.25, 0.3) is 0 Å². The molecule has 0 saturated heterocycles. The molecule has 19 heavy (non-hydrogen) atoms. The maximum Gasteiger partial charge on any atom is 0.129 e. The largest absolute Gasteiger partial charge is 0.397 e. The number of aromatic nitrogens is 2. The van der Waals surface area contributed by atoms with E-state index in [1.807, 2.05) is 44.2 Å². The highest BCUT2D eigenvalue weighted by Crippen LogP contribution is 2.17. The van der Waals surface area contributed by atoms with Crippen molar-refractivity contribution < 1.29 is 0 Å². The molecule has 0 saturated carbocycles. The van der Waals surface area contributed by atoms with Crippen LogP contribution in [0.2, 0.25) is 0 Å². The average Bonchev–Trinajstić information content (AvgIpc) is 2.39. The van der Waals surface area contributed by atoms with Crippen LogP contribution in [-0.4, -0.2) is 16.5 Å². The Hall–Kier alpha value is -2.10. The average molecular weight is 256 g/mol. The first-order chi connectivity index (χ1) is 9.10. The van der Waals surface area contributed by atoms with Gasteiger partial charge in [0.15, 0.2) is 0 Å². The van der Waals surface area contributed by atoms with Crippen molar-refractivity contribution >= 4 is 11.5 Å². The Morgan fingerprint density at radius 1 is 1.11 bits per heavy atom. The number of hydrogen-bond donors (Lipinski definition) is 1. The minimum Gasteiger partial charge on any atom is -0.397 e. The molecule has 100 valence electrons. The third-order valence-electron chi connectivity index (χ3n) is 3.12. The lowest BCUT2D eigenvalue weighted by Gasteiger charge is -2.22. The summed E-state index contributed by atoms with van der Waals surface area (Å²) in [7, 11) is 0. The topological polar surface area (TPSA) is 55.0 Å². The first-order valence-electron chi connectivity index (χ1n) is 6.50. The van der Waals surface area contributed by atoms with Crippen LogP contribution in [0.15, 0.2) is 30.3 Å². The van der Waals surface area contributed by atoms with Gasteiger partial charge >= 0.3 is 0 Å². The molecule has 0 fully saturated rings. The van der Waals surface area contributed by atoms with Crippen LogP contribution in [0, 0.1) is 13.8 Å².